The van der Waals surface area contributed by atoms with Gasteiger partial charge in [-0.15, -0.1) is 0 Å². The van der Waals surface area contributed by atoms with Crippen molar-refractivity contribution >= 4 is 0 Å². The molecule has 18 heavy (non-hydrogen) atoms. The molecule has 1 rings (SSSR count). The summed E-state index contributed by atoms with van der Waals surface area (Å²) in [5, 5.41) is 0. The largest absolute Gasteiger partial charge is 0.362 e. The lowest BCUT2D eigenvalue weighted by Crippen LogP contribution is -2.23. The van der Waals surface area contributed by atoms with Crippen LogP contribution >= 0.6 is 0 Å². The Hall–Kier alpha value is -0.660. The molecule has 2 nitrogen and oxygen atoms in total. The van der Waals surface area contributed by atoms with E-state index >= 15 is 0 Å². The highest BCUT2D eigenvalue weighted by molar-refractivity contribution is 4.88. The summed E-state index contributed by atoms with van der Waals surface area (Å²) >= 11 is 0. The zero-order valence-corrected chi connectivity index (χ0v) is 12.4. The van der Waals surface area contributed by atoms with E-state index in [2.05, 4.69) is 36.2 Å². The number of rotatable bonds is 8. The van der Waals surface area contributed by atoms with Gasteiger partial charge >= 0.3 is 0 Å². The van der Waals surface area contributed by atoms with Gasteiger partial charge in [0.15, 0.2) is 0 Å². The normalized spacial score (nSPS) is 13.1. The van der Waals surface area contributed by atoms with Crippen molar-refractivity contribution in [3.05, 3.63) is 12.4 Å². The van der Waals surface area contributed by atoms with Crippen LogP contribution < -0.4 is 0 Å². The Labute approximate surface area is 116 Å². The van der Waals surface area contributed by atoms with Gasteiger partial charge in [-0.05, 0) is 6.42 Å². The van der Waals surface area contributed by atoms with Gasteiger partial charge in [-0.1, -0.05) is 66.7 Å². The van der Waals surface area contributed by atoms with Crippen LogP contribution in [0, 0.1) is 0 Å². The van der Waals surface area contributed by atoms with Crippen LogP contribution in [0.5, 0.6) is 0 Å². The van der Waals surface area contributed by atoms with Crippen LogP contribution in [-0.2, 0) is 0 Å². The number of hydrogen-bond donors (Lipinski definition) is 0. The van der Waals surface area contributed by atoms with Gasteiger partial charge < -0.3 is 9.80 Å². The molecule has 0 aromatic heterocycles. The molecule has 1 aliphatic rings. The Bertz CT molecular complexity index is 178. The molecule has 0 amide bonds. The van der Waals surface area contributed by atoms with Crippen molar-refractivity contribution in [2.24, 2.45) is 0 Å². The van der Waals surface area contributed by atoms with Crippen LogP contribution in [0.25, 0.3) is 0 Å². The van der Waals surface area contributed by atoms with Gasteiger partial charge in [0.2, 0.25) is 0 Å². The van der Waals surface area contributed by atoms with Crippen LogP contribution in [-0.4, -0.2) is 30.1 Å². The fourth-order valence-corrected chi connectivity index (χ4v) is 2.01. The third-order valence-corrected chi connectivity index (χ3v) is 2.99. The maximum atomic E-state index is 2.39. The van der Waals surface area contributed by atoms with E-state index in [0.717, 1.165) is 6.67 Å². The standard InChI is InChI=1S/C13H26N2.C2H6.CH4/c1-3-4-5-6-7-8-9-10-15-12-11-14(2)13-15;1-2;/h11-12H,3-10,13H2,1-2H3;1-2H3;1H4. The Morgan fingerprint density at radius 3 is 1.94 bits per heavy atom. The predicted molar refractivity (Wildman–Crippen MR) is 84.5 cm³/mol. The average molecular weight is 256 g/mol. The summed E-state index contributed by atoms with van der Waals surface area (Å²) in [6.07, 6.45) is 14.2. The molecule has 0 aromatic rings. The number of unbranched alkanes of at least 4 members (excludes halogenated alkanes) is 6. The highest BCUT2D eigenvalue weighted by Gasteiger charge is 2.06. The van der Waals surface area contributed by atoms with Crippen molar-refractivity contribution < 1.29 is 0 Å². The molecule has 0 atom stereocenters. The second-order valence-electron chi connectivity index (χ2n) is 4.63. The molecular formula is C16H36N2. The summed E-state index contributed by atoms with van der Waals surface area (Å²) in [6.45, 7) is 8.58. The highest BCUT2D eigenvalue weighted by atomic mass is 15.3. The minimum absolute atomic E-state index is 0. The molecule has 110 valence electrons. The summed E-state index contributed by atoms with van der Waals surface area (Å²) in [5.74, 6) is 0. The molecule has 0 aromatic carbocycles. The molecule has 0 unspecified atom stereocenters. The molecule has 0 saturated carbocycles. The molecule has 0 spiro atoms. The number of hydrogen-bond acceptors (Lipinski definition) is 2. The van der Waals surface area contributed by atoms with Crippen LogP contribution in [0.1, 0.15) is 73.1 Å². The summed E-state index contributed by atoms with van der Waals surface area (Å²) in [6, 6.07) is 0. The van der Waals surface area contributed by atoms with E-state index in [1.54, 1.807) is 0 Å². The van der Waals surface area contributed by atoms with Gasteiger partial charge in [-0.2, -0.15) is 0 Å². The fourth-order valence-electron chi connectivity index (χ4n) is 2.01. The Morgan fingerprint density at radius 2 is 1.44 bits per heavy atom. The van der Waals surface area contributed by atoms with Crippen LogP contribution in [0.2, 0.25) is 0 Å². The third-order valence-electron chi connectivity index (χ3n) is 2.99. The van der Waals surface area contributed by atoms with Crippen molar-refractivity contribution in [2.45, 2.75) is 73.1 Å². The van der Waals surface area contributed by atoms with Crippen LogP contribution in [0.15, 0.2) is 12.4 Å². The van der Waals surface area contributed by atoms with E-state index in [0.29, 0.717) is 0 Å². The van der Waals surface area contributed by atoms with Gasteiger partial charge in [-0.25, -0.2) is 0 Å². The second kappa shape index (κ2) is 14.4. The van der Waals surface area contributed by atoms with E-state index < -0.39 is 0 Å². The second-order valence-corrected chi connectivity index (χ2v) is 4.63. The van der Waals surface area contributed by atoms with E-state index in [4.69, 9.17) is 0 Å². The molecule has 2 heteroatoms. The Balaban J connectivity index is 0. The molecule has 0 fully saturated rings. The van der Waals surface area contributed by atoms with E-state index in [1.807, 2.05) is 13.8 Å². The molecule has 0 aliphatic carbocycles. The number of nitrogens with zero attached hydrogens (tertiary/aromatic N) is 2. The van der Waals surface area contributed by atoms with Gasteiger partial charge in [-0.3, -0.25) is 0 Å². The van der Waals surface area contributed by atoms with E-state index in [-0.39, 0.29) is 7.43 Å². The minimum Gasteiger partial charge on any atom is -0.362 e. The topological polar surface area (TPSA) is 6.48 Å². The summed E-state index contributed by atoms with van der Waals surface area (Å²) in [4.78, 5) is 4.62. The van der Waals surface area contributed by atoms with Crippen LogP contribution in [0.3, 0.4) is 0 Å². The van der Waals surface area contributed by atoms with Gasteiger partial charge in [0.05, 0.1) is 6.67 Å². The van der Waals surface area contributed by atoms with Crippen molar-refractivity contribution in [1.29, 1.82) is 0 Å². The first-order valence-electron chi connectivity index (χ1n) is 7.45. The van der Waals surface area contributed by atoms with Crippen LogP contribution in [0.4, 0.5) is 0 Å². The molecule has 0 radical (unpaired) electrons. The first-order chi connectivity index (χ1) is 8.33. The molecular weight excluding hydrogens is 220 g/mol. The highest BCUT2D eigenvalue weighted by Crippen LogP contribution is 2.09. The monoisotopic (exact) mass is 256 g/mol. The summed E-state index contributed by atoms with van der Waals surface area (Å²) < 4.78 is 0. The maximum Gasteiger partial charge on any atom is 0.0890 e. The van der Waals surface area contributed by atoms with Crippen molar-refractivity contribution in [2.75, 3.05) is 20.3 Å². The van der Waals surface area contributed by atoms with Crippen molar-refractivity contribution in [1.82, 2.24) is 9.80 Å². The molecule has 1 aliphatic heterocycles. The van der Waals surface area contributed by atoms with Crippen molar-refractivity contribution in [3.8, 4) is 0 Å². The van der Waals surface area contributed by atoms with Gasteiger partial charge in [0.25, 0.3) is 0 Å². The lowest BCUT2D eigenvalue weighted by atomic mass is 10.1. The third kappa shape index (κ3) is 10.5. The molecule has 0 saturated heterocycles. The van der Waals surface area contributed by atoms with Crippen molar-refractivity contribution in [3.63, 3.8) is 0 Å². The van der Waals surface area contributed by atoms with Gasteiger partial charge in [0, 0.05) is 26.0 Å². The zero-order chi connectivity index (χ0) is 12.9. The Kier molecular flexibility index (Phi) is 15.7. The molecule has 1 heterocycles. The maximum absolute atomic E-state index is 2.39. The summed E-state index contributed by atoms with van der Waals surface area (Å²) in [5.41, 5.74) is 0. The first-order valence-corrected chi connectivity index (χ1v) is 7.45. The first kappa shape index (κ1) is 19.7. The van der Waals surface area contributed by atoms with E-state index in [1.165, 1.54) is 51.5 Å². The minimum atomic E-state index is 0. The lowest BCUT2D eigenvalue weighted by Gasteiger charge is -2.17. The molecule has 0 bridgehead atoms. The lowest BCUT2D eigenvalue weighted by molar-refractivity contribution is 0.290. The quantitative estimate of drug-likeness (QED) is 0.559. The summed E-state index contributed by atoms with van der Waals surface area (Å²) in [7, 11) is 2.13. The smallest absolute Gasteiger partial charge is 0.0890 e. The van der Waals surface area contributed by atoms with Gasteiger partial charge in [0.1, 0.15) is 0 Å². The average Bonchev–Trinajstić information content (AvgIpc) is 2.77. The Morgan fingerprint density at radius 1 is 0.889 bits per heavy atom. The van der Waals surface area contributed by atoms with E-state index in [9.17, 15) is 0 Å². The SMILES string of the molecule is C.CC.CCCCCCCCCN1C=CN(C)C1. The molecule has 0 N–H and O–H groups in total. The zero-order valence-electron chi connectivity index (χ0n) is 12.4. The predicted octanol–water partition coefficient (Wildman–Crippen LogP) is 5.08. The fraction of sp³-hybridized carbons (Fsp3) is 0.875.